The molecule has 0 aliphatic rings. The number of nitrogens with one attached hydrogen (secondary N) is 1. The highest BCUT2D eigenvalue weighted by atomic mass is 32.2. The minimum Gasteiger partial charge on any atom is -0.377 e. The van der Waals surface area contributed by atoms with E-state index in [4.69, 9.17) is 5.26 Å². The summed E-state index contributed by atoms with van der Waals surface area (Å²) in [5, 5.41) is 12.2. The number of hydrogen-bond donors (Lipinski definition) is 1. The summed E-state index contributed by atoms with van der Waals surface area (Å²) in [7, 11) is 0. The van der Waals surface area contributed by atoms with Crippen molar-refractivity contribution in [3.05, 3.63) is 59.4 Å². The Morgan fingerprint density at radius 2 is 1.90 bits per heavy atom. The van der Waals surface area contributed by atoms with Crippen LogP contribution in [-0.2, 0) is 0 Å². The van der Waals surface area contributed by atoms with Crippen molar-refractivity contribution in [1.29, 1.82) is 5.26 Å². The van der Waals surface area contributed by atoms with Crippen LogP contribution in [0.3, 0.4) is 0 Å². The third kappa shape index (κ3) is 3.12. The minimum atomic E-state index is -0.498. The Morgan fingerprint density at radius 3 is 2.50 bits per heavy atom. The number of rotatable bonds is 4. The first-order chi connectivity index (χ1) is 9.65. The van der Waals surface area contributed by atoms with Gasteiger partial charge in [0.1, 0.15) is 17.4 Å². The van der Waals surface area contributed by atoms with E-state index in [1.54, 1.807) is 23.9 Å². The van der Waals surface area contributed by atoms with Gasteiger partial charge in [0.25, 0.3) is 0 Å². The summed E-state index contributed by atoms with van der Waals surface area (Å²) < 4.78 is 13.5. The Bertz CT molecular complexity index is 632. The topological polar surface area (TPSA) is 35.8 Å². The van der Waals surface area contributed by atoms with Crippen LogP contribution in [0.25, 0.3) is 0 Å². The first kappa shape index (κ1) is 14.4. The van der Waals surface area contributed by atoms with E-state index >= 15 is 0 Å². The zero-order chi connectivity index (χ0) is 14.5. The molecule has 0 heterocycles. The van der Waals surface area contributed by atoms with Crippen molar-refractivity contribution < 1.29 is 4.39 Å². The van der Waals surface area contributed by atoms with Gasteiger partial charge in [0.05, 0.1) is 5.69 Å². The fourth-order valence-corrected chi connectivity index (χ4v) is 2.38. The maximum atomic E-state index is 13.5. The van der Waals surface area contributed by atoms with E-state index in [-0.39, 0.29) is 11.6 Å². The van der Waals surface area contributed by atoms with E-state index in [1.807, 2.05) is 31.4 Å². The van der Waals surface area contributed by atoms with Crippen molar-refractivity contribution in [3.8, 4) is 6.07 Å². The van der Waals surface area contributed by atoms with Gasteiger partial charge in [-0.15, -0.1) is 11.8 Å². The molecule has 0 bridgehead atoms. The SMILES string of the molecule is CSc1ccc(C(C)Nc2cccc(F)c2C#N)cc1. The maximum absolute atomic E-state index is 13.5. The van der Waals surface area contributed by atoms with Crippen molar-refractivity contribution in [2.45, 2.75) is 17.9 Å². The molecule has 1 unspecified atom stereocenters. The monoisotopic (exact) mass is 286 g/mol. The van der Waals surface area contributed by atoms with Gasteiger partial charge in [-0.05, 0) is 43.0 Å². The van der Waals surface area contributed by atoms with Gasteiger partial charge in [0, 0.05) is 10.9 Å². The van der Waals surface area contributed by atoms with Crippen molar-refractivity contribution in [2.24, 2.45) is 0 Å². The van der Waals surface area contributed by atoms with Crippen molar-refractivity contribution >= 4 is 17.4 Å². The van der Waals surface area contributed by atoms with Crippen LogP contribution in [-0.4, -0.2) is 6.26 Å². The highest BCUT2D eigenvalue weighted by Gasteiger charge is 2.11. The molecule has 0 aromatic heterocycles. The van der Waals surface area contributed by atoms with E-state index in [0.717, 1.165) is 5.56 Å². The van der Waals surface area contributed by atoms with E-state index in [9.17, 15) is 4.39 Å². The van der Waals surface area contributed by atoms with Crippen LogP contribution in [0.5, 0.6) is 0 Å². The molecule has 0 aliphatic heterocycles. The lowest BCUT2D eigenvalue weighted by Crippen LogP contribution is -2.08. The highest BCUT2D eigenvalue weighted by Crippen LogP contribution is 2.25. The lowest BCUT2D eigenvalue weighted by molar-refractivity contribution is 0.624. The average Bonchev–Trinajstić information content (AvgIpc) is 2.47. The Morgan fingerprint density at radius 1 is 1.20 bits per heavy atom. The standard InChI is InChI=1S/C16H15FN2S/c1-11(12-6-8-13(20-2)9-7-12)19-16-5-3-4-15(17)14(16)10-18/h3-9,11,19H,1-2H3. The van der Waals surface area contributed by atoms with E-state index in [2.05, 4.69) is 17.4 Å². The predicted molar refractivity (Wildman–Crippen MR) is 81.4 cm³/mol. The number of anilines is 1. The molecule has 2 rings (SSSR count). The summed E-state index contributed by atoms with van der Waals surface area (Å²) in [5.41, 5.74) is 1.67. The van der Waals surface area contributed by atoms with Crippen molar-refractivity contribution in [1.82, 2.24) is 0 Å². The fourth-order valence-electron chi connectivity index (χ4n) is 1.97. The first-order valence-corrected chi connectivity index (χ1v) is 7.47. The summed E-state index contributed by atoms with van der Waals surface area (Å²) in [5.74, 6) is -0.498. The molecule has 1 N–H and O–H groups in total. The second-order valence-electron chi connectivity index (χ2n) is 4.41. The Kier molecular flexibility index (Phi) is 4.65. The zero-order valence-corrected chi connectivity index (χ0v) is 12.2. The molecule has 2 nitrogen and oxygen atoms in total. The zero-order valence-electron chi connectivity index (χ0n) is 11.4. The lowest BCUT2D eigenvalue weighted by Gasteiger charge is -2.17. The molecule has 4 heteroatoms. The molecular formula is C16H15FN2S. The van der Waals surface area contributed by atoms with Crippen molar-refractivity contribution in [2.75, 3.05) is 11.6 Å². The summed E-state index contributed by atoms with van der Waals surface area (Å²) >= 11 is 1.69. The molecule has 1 atom stereocenters. The normalized spacial score (nSPS) is 11.7. The minimum absolute atomic E-state index is 0.000180. The lowest BCUT2D eigenvalue weighted by atomic mass is 10.1. The van der Waals surface area contributed by atoms with Gasteiger partial charge in [-0.25, -0.2) is 4.39 Å². The van der Waals surface area contributed by atoms with E-state index < -0.39 is 5.82 Å². The van der Waals surface area contributed by atoms with Crippen molar-refractivity contribution in [3.63, 3.8) is 0 Å². The molecule has 0 fully saturated rings. The summed E-state index contributed by atoms with van der Waals surface area (Å²) in [6.07, 6.45) is 2.03. The molecular weight excluding hydrogens is 271 g/mol. The number of benzene rings is 2. The number of halogens is 1. The Balaban J connectivity index is 2.21. The second kappa shape index (κ2) is 6.44. The summed E-state index contributed by atoms with van der Waals surface area (Å²) in [6.45, 7) is 1.99. The summed E-state index contributed by atoms with van der Waals surface area (Å²) in [4.78, 5) is 1.20. The van der Waals surface area contributed by atoms with Gasteiger partial charge in [-0.3, -0.25) is 0 Å². The molecule has 0 spiro atoms. The van der Waals surface area contributed by atoms with Crippen LogP contribution >= 0.6 is 11.8 Å². The number of hydrogen-bond acceptors (Lipinski definition) is 3. The maximum Gasteiger partial charge on any atom is 0.143 e. The van der Waals surface area contributed by atoms with Gasteiger partial charge in [0.15, 0.2) is 0 Å². The third-order valence-electron chi connectivity index (χ3n) is 3.11. The molecule has 102 valence electrons. The van der Waals surface area contributed by atoms with Gasteiger partial charge in [0.2, 0.25) is 0 Å². The Hall–Kier alpha value is -1.99. The first-order valence-electron chi connectivity index (χ1n) is 6.25. The third-order valence-corrected chi connectivity index (χ3v) is 3.86. The number of nitrogens with zero attached hydrogens (tertiary/aromatic N) is 1. The molecule has 2 aromatic carbocycles. The largest absolute Gasteiger partial charge is 0.377 e. The molecule has 0 saturated heterocycles. The molecule has 2 aromatic rings. The van der Waals surface area contributed by atoms with Gasteiger partial charge in [-0.1, -0.05) is 18.2 Å². The van der Waals surface area contributed by atoms with Gasteiger partial charge < -0.3 is 5.32 Å². The van der Waals surface area contributed by atoms with Crippen LogP contribution < -0.4 is 5.32 Å². The predicted octanol–water partition coefficient (Wildman–Crippen LogP) is 4.59. The molecule has 0 saturated carbocycles. The smallest absolute Gasteiger partial charge is 0.143 e. The Labute approximate surface area is 122 Å². The summed E-state index contributed by atoms with van der Waals surface area (Å²) in [6, 6.07) is 14.7. The molecule has 0 amide bonds. The number of nitriles is 1. The fraction of sp³-hybridized carbons (Fsp3) is 0.188. The van der Waals surface area contributed by atoms with Crippen LogP contribution in [0.15, 0.2) is 47.4 Å². The van der Waals surface area contributed by atoms with Gasteiger partial charge in [-0.2, -0.15) is 5.26 Å². The van der Waals surface area contributed by atoms with Crippen LogP contribution in [0, 0.1) is 17.1 Å². The van der Waals surface area contributed by atoms with Gasteiger partial charge >= 0.3 is 0 Å². The second-order valence-corrected chi connectivity index (χ2v) is 5.29. The number of thioether (sulfide) groups is 1. The molecule has 0 radical (unpaired) electrons. The average molecular weight is 286 g/mol. The van der Waals surface area contributed by atoms with E-state index in [0.29, 0.717) is 5.69 Å². The highest BCUT2D eigenvalue weighted by molar-refractivity contribution is 7.98. The van der Waals surface area contributed by atoms with Crippen LogP contribution in [0.4, 0.5) is 10.1 Å². The van der Waals surface area contributed by atoms with Crippen LogP contribution in [0.2, 0.25) is 0 Å². The van der Waals surface area contributed by atoms with Crippen LogP contribution in [0.1, 0.15) is 24.1 Å². The molecule has 0 aliphatic carbocycles. The van der Waals surface area contributed by atoms with E-state index in [1.165, 1.54) is 11.0 Å². The quantitative estimate of drug-likeness (QED) is 0.835. The molecule has 20 heavy (non-hydrogen) atoms.